The third-order valence-electron chi connectivity index (χ3n) is 1.65. The van der Waals surface area contributed by atoms with E-state index in [9.17, 15) is 4.79 Å². The highest BCUT2D eigenvalue weighted by Crippen LogP contribution is 1.99. The van der Waals surface area contributed by atoms with Crippen molar-refractivity contribution in [3.63, 3.8) is 0 Å². The van der Waals surface area contributed by atoms with Gasteiger partial charge in [0.1, 0.15) is 11.5 Å². The fraction of sp³-hybridized carbons (Fsp3) is 0.500. The number of nitrogens with zero attached hydrogens (tertiary/aromatic N) is 1. The predicted molar refractivity (Wildman–Crippen MR) is 51.8 cm³/mol. The maximum Gasteiger partial charge on any atom is 0.269 e. The van der Waals surface area contributed by atoms with Crippen molar-refractivity contribution >= 4 is 11.7 Å². The average molecular weight is 198 g/mol. The molecule has 0 spiro atoms. The summed E-state index contributed by atoms with van der Waals surface area (Å²) in [5.74, 6) is 0.109. The summed E-state index contributed by atoms with van der Waals surface area (Å²) in [5, 5.41) is 8.88. The predicted octanol–water partition coefficient (Wildman–Crippen LogP) is -0.242. The molecule has 0 aliphatic rings. The lowest BCUT2D eigenvalue weighted by molar-refractivity contribution is 0.0943. The van der Waals surface area contributed by atoms with Crippen molar-refractivity contribution in [2.45, 2.75) is 6.42 Å². The topological polar surface area (TPSA) is 93.0 Å². The summed E-state index contributed by atoms with van der Waals surface area (Å²) in [6.45, 7) is 1.21. The minimum atomic E-state index is -0.203. The number of anilines is 1. The van der Waals surface area contributed by atoms with Crippen molar-refractivity contribution in [1.29, 1.82) is 0 Å². The highest BCUT2D eigenvalue weighted by atomic mass is 16.5. The Balaban J connectivity index is 2.29. The maximum absolute atomic E-state index is 11.3. The van der Waals surface area contributed by atoms with Crippen LogP contribution in [0.2, 0.25) is 0 Å². The Morgan fingerprint density at radius 2 is 2.57 bits per heavy atom. The largest absolute Gasteiger partial charge is 0.385 e. The van der Waals surface area contributed by atoms with Crippen LogP contribution in [-0.2, 0) is 4.74 Å². The van der Waals surface area contributed by atoms with Crippen LogP contribution < -0.4 is 11.1 Å². The minimum absolute atomic E-state index is 0.203. The SMILES string of the molecule is COCCCNC(=O)c1cc(N)n[nH]1. The number of nitrogens with one attached hydrogen (secondary N) is 2. The molecule has 1 amide bonds. The van der Waals surface area contributed by atoms with Crippen LogP contribution in [0.3, 0.4) is 0 Å². The summed E-state index contributed by atoms with van der Waals surface area (Å²) >= 11 is 0. The van der Waals surface area contributed by atoms with Crippen LogP contribution in [0.1, 0.15) is 16.9 Å². The fourth-order valence-electron chi connectivity index (χ4n) is 0.967. The molecule has 0 bridgehead atoms. The van der Waals surface area contributed by atoms with Gasteiger partial charge < -0.3 is 15.8 Å². The molecule has 0 radical (unpaired) electrons. The summed E-state index contributed by atoms with van der Waals surface area (Å²) in [6.07, 6.45) is 0.784. The summed E-state index contributed by atoms with van der Waals surface area (Å²) in [6, 6.07) is 1.49. The van der Waals surface area contributed by atoms with Crippen molar-refractivity contribution in [1.82, 2.24) is 15.5 Å². The first kappa shape index (κ1) is 10.5. The number of nitrogen functional groups attached to an aromatic ring is 1. The molecule has 0 saturated carbocycles. The Morgan fingerprint density at radius 1 is 1.79 bits per heavy atom. The maximum atomic E-state index is 11.3. The Bertz CT molecular complexity index is 297. The molecule has 4 N–H and O–H groups in total. The van der Waals surface area contributed by atoms with Gasteiger partial charge in [-0.05, 0) is 6.42 Å². The minimum Gasteiger partial charge on any atom is -0.385 e. The van der Waals surface area contributed by atoms with E-state index in [1.807, 2.05) is 0 Å². The van der Waals surface area contributed by atoms with Gasteiger partial charge in [-0.25, -0.2) is 0 Å². The number of amides is 1. The van der Waals surface area contributed by atoms with E-state index in [4.69, 9.17) is 10.5 Å². The van der Waals surface area contributed by atoms with E-state index >= 15 is 0 Å². The first-order valence-corrected chi connectivity index (χ1v) is 4.32. The highest BCUT2D eigenvalue weighted by molar-refractivity contribution is 5.92. The van der Waals surface area contributed by atoms with Gasteiger partial charge in [-0.15, -0.1) is 0 Å². The zero-order valence-electron chi connectivity index (χ0n) is 8.04. The second-order valence-electron chi connectivity index (χ2n) is 2.81. The molecule has 1 aromatic heterocycles. The van der Waals surface area contributed by atoms with Crippen molar-refractivity contribution in [3.8, 4) is 0 Å². The molecule has 0 saturated heterocycles. The highest BCUT2D eigenvalue weighted by Gasteiger charge is 2.06. The molecule has 1 aromatic rings. The number of nitrogens with two attached hydrogens (primary N) is 1. The van der Waals surface area contributed by atoms with E-state index in [1.54, 1.807) is 7.11 Å². The standard InChI is InChI=1S/C8H14N4O2/c1-14-4-2-3-10-8(13)6-5-7(9)12-11-6/h5H,2-4H2,1H3,(H,10,13)(H3,9,11,12). The number of aromatic nitrogens is 2. The van der Waals surface area contributed by atoms with Crippen molar-refractivity contribution < 1.29 is 9.53 Å². The number of rotatable bonds is 5. The third kappa shape index (κ3) is 3.06. The molecule has 78 valence electrons. The van der Waals surface area contributed by atoms with Gasteiger partial charge >= 0.3 is 0 Å². The molecule has 0 atom stereocenters. The van der Waals surface area contributed by atoms with E-state index in [0.717, 1.165) is 6.42 Å². The van der Waals surface area contributed by atoms with Gasteiger partial charge in [0, 0.05) is 26.3 Å². The molecule has 1 heterocycles. The summed E-state index contributed by atoms with van der Waals surface area (Å²) < 4.78 is 4.84. The van der Waals surface area contributed by atoms with Crippen LogP contribution in [0, 0.1) is 0 Å². The van der Waals surface area contributed by atoms with Crippen LogP contribution in [0.4, 0.5) is 5.82 Å². The molecule has 0 aliphatic heterocycles. The summed E-state index contributed by atoms with van der Waals surface area (Å²) in [4.78, 5) is 11.3. The quantitative estimate of drug-likeness (QED) is 0.569. The molecule has 0 fully saturated rings. The van der Waals surface area contributed by atoms with Crippen LogP contribution in [0.15, 0.2) is 6.07 Å². The normalized spacial score (nSPS) is 10.1. The van der Waals surface area contributed by atoms with Gasteiger partial charge in [0.2, 0.25) is 0 Å². The lowest BCUT2D eigenvalue weighted by Gasteiger charge is -2.01. The Morgan fingerprint density at radius 3 is 3.14 bits per heavy atom. The van der Waals surface area contributed by atoms with Crippen molar-refractivity contribution in [2.24, 2.45) is 0 Å². The van der Waals surface area contributed by atoms with Gasteiger partial charge in [0.15, 0.2) is 0 Å². The number of ether oxygens (including phenoxy) is 1. The molecular formula is C8H14N4O2. The van der Waals surface area contributed by atoms with Crippen LogP contribution in [-0.4, -0.2) is 36.4 Å². The number of carbonyl (C=O) groups is 1. The van der Waals surface area contributed by atoms with E-state index in [2.05, 4.69) is 15.5 Å². The third-order valence-corrected chi connectivity index (χ3v) is 1.65. The Kier molecular flexibility index (Phi) is 3.93. The van der Waals surface area contributed by atoms with Gasteiger partial charge in [-0.3, -0.25) is 9.89 Å². The average Bonchev–Trinajstić information content (AvgIpc) is 2.59. The van der Waals surface area contributed by atoms with E-state index in [0.29, 0.717) is 24.7 Å². The number of carbonyl (C=O) groups excluding carboxylic acids is 1. The first-order valence-electron chi connectivity index (χ1n) is 4.32. The second kappa shape index (κ2) is 5.23. The molecular weight excluding hydrogens is 184 g/mol. The number of hydrogen-bond acceptors (Lipinski definition) is 4. The zero-order valence-corrected chi connectivity index (χ0v) is 8.04. The lowest BCUT2D eigenvalue weighted by Crippen LogP contribution is -2.25. The second-order valence-corrected chi connectivity index (χ2v) is 2.81. The molecule has 0 aliphatic carbocycles. The molecule has 0 unspecified atom stereocenters. The van der Waals surface area contributed by atoms with Gasteiger partial charge in [-0.2, -0.15) is 5.10 Å². The zero-order chi connectivity index (χ0) is 10.4. The number of methoxy groups -OCH3 is 1. The van der Waals surface area contributed by atoms with Gasteiger partial charge in [-0.1, -0.05) is 0 Å². The van der Waals surface area contributed by atoms with Crippen LogP contribution >= 0.6 is 0 Å². The monoisotopic (exact) mass is 198 g/mol. The fourth-order valence-corrected chi connectivity index (χ4v) is 0.967. The van der Waals surface area contributed by atoms with Crippen LogP contribution in [0.5, 0.6) is 0 Å². The molecule has 6 heteroatoms. The lowest BCUT2D eigenvalue weighted by atomic mass is 10.3. The number of hydrogen-bond donors (Lipinski definition) is 3. The van der Waals surface area contributed by atoms with Crippen molar-refractivity contribution in [2.75, 3.05) is 26.0 Å². The van der Waals surface area contributed by atoms with Gasteiger partial charge in [0.05, 0.1) is 0 Å². The smallest absolute Gasteiger partial charge is 0.269 e. The van der Waals surface area contributed by atoms with Gasteiger partial charge in [0.25, 0.3) is 5.91 Å². The molecule has 6 nitrogen and oxygen atoms in total. The van der Waals surface area contributed by atoms with E-state index < -0.39 is 0 Å². The molecule has 14 heavy (non-hydrogen) atoms. The van der Waals surface area contributed by atoms with E-state index in [1.165, 1.54) is 6.07 Å². The first-order chi connectivity index (χ1) is 6.74. The molecule has 1 rings (SSSR count). The summed E-state index contributed by atoms with van der Waals surface area (Å²) in [5.41, 5.74) is 5.73. The van der Waals surface area contributed by atoms with Crippen molar-refractivity contribution in [3.05, 3.63) is 11.8 Å². The Hall–Kier alpha value is -1.56. The van der Waals surface area contributed by atoms with E-state index in [-0.39, 0.29) is 5.91 Å². The molecule has 0 aromatic carbocycles. The summed E-state index contributed by atoms with van der Waals surface area (Å²) in [7, 11) is 1.62. The van der Waals surface area contributed by atoms with Crippen LogP contribution in [0.25, 0.3) is 0 Å². The number of aromatic amines is 1. The number of H-pyrrole nitrogens is 1. The Labute approximate surface area is 81.8 Å².